The number of hydrogen-bond acceptors (Lipinski definition) is 12. The Morgan fingerprint density at radius 2 is 1.66 bits per heavy atom. The summed E-state index contributed by atoms with van der Waals surface area (Å²) in [6.45, 7) is 10.2. The summed E-state index contributed by atoms with van der Waals surface area (Å²) >= 11 is 7.17. The molecule has 3 aliphatic heterocycles. The van der Waals surface area contributed by atoms with Crippen LogP contribution in [-0.4, -0.2) is 124 Å². The summed E-state index contributed by atoms with van der Waals surface area (Å²) in [6, 6.07) is 16.9. The second-order valence-corrected chi connectivity index (χ2v) is 21.1. The second-order valence-electron chi connectivity index (χ2n) is 19.9. The van der Waals surface area contributed by atoms with Crippen LogP contribution in [0.3, 0.4) is 0 Å². The molecule has 21 heteroatoms. The van der Waals surface area contributed by atoms with Gasteiger partial charge in [-0.05, 0) is 111 Å². The minimum absolute atomic E-state index is 0.0378. The summed E-state index contributed by atoms with van der Waals surface area (Å²) in [5.41, 5.74) is 0.653. The Balaban J connectivity index is 0.806. The number of thiazole rings is 1. The number of anilines is 2. The number of benzene rings is 3. The largest absolute Gasteiger partial charge is 0.417 e. The lowest BCUT2D eigenvalue weighted by Crippen LogP contribution is -2.58. The smallest absolute Gasteiger partial charge is 0.391 e. The van der Waals surface area contributed by atoms with Gasteiger partial charge in [-0.25, -0.2) is 0 Å². The Bertz CT molecular complexity index is 2700. The summed E-state index contributed by atoms with van der Waals surface area (Å²) in [5, 5.41) is 25.4. The van der Waals surface area contributed by atoms with Crippen LogP contribution < -0.4 is 20.4 Å². The maximum atomic E-state index is 14.0. The number of unbranched alkanes of at least 4 members (excludes halogenated alkanes) is 1. The van der Waals surface area contributed by atoms with Crippen molar-refractivity contribution in [1.29, 1.82) is 5.26 Å². The normalized spacial score (nSPS) is 18.7. The Hall–Kier alpha value is -6.31. The molecule has 3 atom stereocenters. The number of carbonyl (C=O) groups is 5. The van der Waals surface area contributed by atoms with Gasteiger partial charge >= 0.3 is 6.18 Å². The molecule has 0 saturated carbocycles. The van der Waals surface area contributed by atoms with Gasteiger partial charge in [0.2, 0.25) is 17.7 Å². The second kappa shape index (κ2) is 22.8. The van der Waals surface area contributed by atoms with E-state index in [-0.39, 0.29) is 55.5 Å². The molecule has 5 amide bonds. The number of likely N-dealkylation sites (tertiary alicyclic amines) is 2. The topological polar surface area (TPSA) is 198 Å². The van der Waals surface area contributed by atoms with E-state index in [2.05, 4.69) is 15.6 Å². The number of alkyl halides is 3. The zero-order valence-corrected chi connectivity index (χ0v) is 42.9. The number of halogens is 3. The summed E-state index contributed by atoms with van der Waals surface area (Å²) in [5.74, 6) is -2.09. The Kier molecular flexibility index (Phi) is 17.0. The molecule has 3 aromatic carbocycles. The van der Waals surface area contributed by atoms with Crippen molar-refractivity contribution in [1.82, 2.24) is 25.4 Å². The molecule has 3 aliphatic rings. The molecule has 0 bridgehead atoms. The number of hydrogen-bond donors (Lipinski definition) is 3. The molecule has 73 heavy (non-hydrogen) atoms. The Morgan fingerprint density at radius 3 is 2.29 bits per heavy atom. The molecule has 7 rings (SSSR count). The number of rotatable bonds is 17. The fraction of sp³-hybridized carbons (Fsp3) is 0.462. The molecule has 0 radical (unpaired) electrons. The van der Waals surface area contributed by atoms with E-state index in [1.165, 1.54) is 33.3 Å². The van der Waals surface area contributed by atoms with E-state index in [0.29, 0.717) is 56.6 Å². The van der Waals surface area contributed by atoms with Gasteiger partial charge in [-0.1, -0.05) is 45.0 Å². The van der Waals surface area contributed by atoms with Crippen LogP contribution in [0.2, 0.25) is 0 Å². The van der Waals surface area contributed by atoms with E-state index in [4.69, 9.17) is 21.7 Å². The molecule has 3 saturated heterocycles. The van der Waals surface area contributed by atoms with E-state index in [1.807, 2.05) is 45.0 Å². The van der Waals surface area contributed by atoms with Gasteiger partial charge in [-0.3, -0.25) is 33.9 Å². The standard InChI is InChI=1S/C52H59F3N8O8S2/c1-50(2,3)44(47(68)61-29-38(64)25-41(61)45(66)58-27-32-8-10-33(11-9-32)42-28-57-31-73-42)59-43(65)30-70-22-6-7-23-71-39-18-20-60(21-19-39)46(67)34-12-15-36(16-13-34)63-49(72)62(48(69)51(63,4)5)37-17-14-35(26-56)40(24-37)52(53,54)55/h8-17,24,28,31,38-39,41,44,64H,6-7,18-23,25,27,29-30H2,1-5H3,(H,58,66)(H,59,65)/t38-,41+,44-/m1/s1. The Morgan fingerprint density at radius 1 is 0.986 bits per heavy atom. The lowest BCUT2D eigenvalue weighted by atomic mass is 9.85. The summed E-state index contributed by atoms with van der Waals surface area (Å²) < 4.78 is 53.1. The molecule has 3 N–H and O–H groups in total. The van der Waals surface area contributed by atoms with Gasteiger partial charge in [0.05, 0.1) is 45.5 Å². The van der Waals surface area contributed by atoms with Crippen molar-refractivity contribution in [3.63, 3.8) is 0 Å². The number of amides is 5. The van der Waals surface area contributed by atoms with Crippen LogP contribution in [0.25, 0.3) is 10.4 Å². The summed E-state index contributed by atoms with van der Waals surface area (Å²) in [7, 11) is 0. The van der Waals surface area contributed by atoms with Crippen LogP contribution in [0.15, 0.2) is 78.4 Å². The van der Waals surface area contributed by atoms with Crippen molar-refractivity contribution in [3.8, 4) is 16.5 Å². The number of aromatic nitrogens is 1. The molecule has 3 fully saturated rings. The molecule has 0 spiro atoms. The first-order valence-corrected chi connectivity index (χ1v) is 25.3. The maximum Gasteiger partial charge on any atom is 0.417 e. The fourth-order valence-corrected chi connectivity index (χ4v) is 10.3. The highest BCUT2D eigenvalue weighted by molar-refractivity contribution is 7.81. The highest BCUT2D eigenvalue weighted by Gasteiger charge is 2.51. The first kappa shape index (κ1) is 54.5. The average Bonchev–Trinajstić information content (AvgIpc) is 4.08. The van der Waals surface area contributed by atoms with Gasteiger partial charge in [-0.15, -0.1) is 11.3 Å². The fourth-order valence-electron chi connectivity index (χ4n) is 9.12. The van der Waals surface area contributed by atoms with Crippen molar-refractivity contribution in [2.24, 2.45) is 5.41 Å². The van der Waals surface area contributed by atoms with E-state index in [0.717, 1.165) is 33.0 Å². The molecule has 0 unspecified atom stereocenters. The van der Waals surface area contributed by atoms with Gasteiger partial charge in [0.15, 0.2) is 5.11 Å². The zero-order valence-electron chi connectivity index (χ0n) is 41.2. The number of nitrogens with zero attached hydrogens (tertiary/aromatic N) is 6. The minimum Gasteiger partial charge on any atom is -0.391 e. The van der Waals surface area contributed by atoms with E-state index >= 15 is 0 Å². The third-order valence-electron chi connectivity index (χ3n) is 13.1. The molecule has 4 aromatic rings. The molecule has 4 heterocycles. The van der Waals surface area contributed by atoms with Gasteiger partial charge in [0.25, 0.3) is 11.8 Å². The molecule has 16 nitrogen and oxygen atoms in total. The predicted molar refractivity (Wildman–Crippen MR) is 271 cm³/mol. The average molecular weight is 1050 g/mol. The molecule has 0 aliphatic carbocycles. The highest BCUT2D eigenvalue weighted by atomic mass is 32.1. The molecular weight excluding hydrogens is 986 g/mol. The quantitative estimate of drug-likeness (QED) is 0.0737. The Labute approximate surface area is 431 Å². The van der Waals surface area contributed by atoms with Crippen LogP contribution >= 0.6 is 23.6 Å². The van der Waals surface area contributed by atoms with Crippen LogP contribution in [0.4, 0.5) is 24.5 Å². The number of ether oxygens (including phenoxy) is 2. The number of piperidine rings is 1. The van der Waals surface area contributed by atoms with Crippen molar-refractivity contribution < 1.29 is 51.7 Å². The van der Waals surface area contributed by atoms with E-state index in [1.54, 1.807) is 54.7 Å². The van der Waals surface area contributed by atoms with Gasteiger partial charge in [0.1, 0.15) is 24.2 Å². The van der Waals surface area contributed by atoms with E-state index < -0.39 is 70.1 Å². The van der Waals surface area contributed by atoms with Gasteiger partial charge < -0.3 is 39.9 Å². The number of aliphatic hydroxyl groups is 1. The predicted octanol–water partition coefficient (Wildman–Crippen LogP) is 6.84. The van der Waals surface area contributed by atoms with Crippen LogP contribution in [-0.2, 0) is 41.4 Å². The molecular formula is C52H59F3N8O8S2. The number of nitriles is 1. The van der Waals surface area contributed by atoms with Gasteiger partial charge in [0, 0.05) is 63.3 Å². The minimum atomic E-state index is -4.82. The van der Waals surface area contributed by atoms with Crippen molar-refractivity contribution in [2.75, 3.05) is 49.3 Å². The van der Waals surface area contributed by atoms with E-state index in [9.17, 15) is 47.5 Å². The lowest BCUT2D eigenvalue weighted by Gasteiger charge is -2.35. The lowest BCUT2D eigenvalue weighted by molar-refractivity contribution is -0.144. The monoisotopic (exact) mass is 1040 g/mol. The SMILES string of the molecule is CC(C)(C)[C@H](NC(=O)COCCCCOC1CCN(C(=O)c2ccc(N3C(=S)N(c4ccc(C#N)c(C(F)(F)F)c4)C(=O)C3(C)C)cc2)CC1)C(=O)N1C[C@H](O)C[C@H]1C(=O)NCc1ccc(-c2cncs2)cc1. The number of nitrogens with one attached hydrogen (secondary N) is 2. The third kappa shape index (κ3) is 12.7. The molecule has 1 aromatic heterocycles. The van der Waals surface area contributed by atoms with Crippen molar-refractivity contribution >= 4 is 69.6 Å². The number of carbonyl (C=O) groups excluding carboxylic acids is 5. The first-order chi connectivity index (χ1) is 34.6. The van der Waals surface area contributed by atoms with Crippen LogP contribution in [0.1, 0.15) is 93.8 Å². The third-order valence-corrected chi connectivity index (χ3v) is 14.3. The van der Waals surface area contributed by atoms with Crippen molar-refractivity contribution in [3.05, 3.63) is 101 Å². The van der Waals surface area contributed by atoms with Gasteiger partial charge in [-0.2, -0.15) is 18.4 Å². The number of aliphatic hydroxyl groups excluding tert-OH is 1. The van der Waals surface area contributed by atoms with Crippen LogP contribution in [0, 0.1) is 16.7 Å². The highest BCUT2D eigenvalue weighted by Crippen LogP contribution is 2.40. The van der Waals surface area contributed by atoms with Crippen molar-refractivity contribution in [2.45, 2.75) is 109 Å². The maximum absolute atomic E-state index is 14.0. The molecule has 388 valence electrons. The van der Waals surface area contributed by atoms with Crippen LogP contribution in [0.5, 0.6) is 0 Å². The zero-order chi connectivity index (χ0) is 52.8. The summed E-state index contributed by atoms with van der Waals surface area (Å²) in [6.07, 6.45) is -1.38. The number of thiocarbonyl (C=S) groups is 1. The number of β-amino-alcohol motifs (C(OH)–C–C–N with tert-alkyl or cyclic N) is 1. The first-order valence-electron chi connectivity index (χ1n) is 24.0. The summed E-state index contributed by atoms with van der Waals surface area (Å²) in [4.78, 5) is 78.4.